The molecule has 1 atom stereocenters. The Bertz CT molecular complexity index is 1330. The molecule has 186 valence electrons. The molecular weight excluding hydrogens is 485 g/mol. The first-order chi connectivity index (χ1) is 17.4. The third-order valence-corrected chi connectivity index (χ3v) is 5.54. The van der Waals surface area contributed by atoms with Crippen molar-refractivity contribution in [2.24, 2.45) is 0 Å². The first-order valence-corrected chi connectivity index (χ1v) is 11.5. The van der Waals surface area contributed by atoms with Crippen molar-refractivity contribution >= 4 is 29.3 Å². The summed E-state index contributed by atoms with van der Waals surface area (Å²) in [5.41, 5.74) is 3.09. The second-order valence-corrected chi connectivity index (χ2v) is 8.43. The highest BCUT2D eigenvalue weighted by Gasteiger charge is 2.19. The van der Waals surface area contributed by atoms with Crippen LogP contribution in [0.15, 0.2) is 60.9 Å². The fourth-order valence-electron chi connectivity index (χ4n) is 3.53. The van der Waals surface area contributed by atoms with Gasteiger partial charge in [-0.1, -0.05) is 41.9 Å². The largest absolute Gasteiger partial charge is 0.453 e. The predicted octanol–water partition coefficient (Wildman–Crippen LogP) is 5.09. The maximum atomic E-state index is 15.6. The molecule has 0 bridgehead atoms. The van der Waals surface area contributed by atoms with Gasteiger partial charge in [0.2, 0.25) is 5.95 Å². The first-order valence-electron chi connectivity index (χ1n) is 11.2. The summed E-state index contributed by atoms with van der Waals surface area (Å²) in [6.45, 7) is 2.63. The highest BCUT2D eigenvalue weighted by molar-refractivity contribution is 6.31. The summed E-state index contributed by atoms with van der Waals surface area (Å²) in [6, 6.07) is 14.3. The predicted molar refractivity (Wildman–Crippen MR) is 137 cm³/mol. The summed E-state index contributed by atoms with van der Waals surface area (Å²) in [5.74, 6) is -0.120. The van der Waals surface area contributed by atoms with Crippen molar-refractivity contribution in [3.05, 3.63) is 77.3 Å². The number of hydrogen-bond acceptors (Lipinski definition) is 7. The molecule has 0 aliphatic carbocycles. The Morgan fingerprint density at radius 1 is 1.17 bits per heavy atom. The number of carbonyl (C=O) groups is 1. The van der Waals surface area contributed by atoms with Gasteiger partial charge in [0.15, 0.2) is 5.82 Å². The van der Waals surface area contributed by atoms with Crippen LogP contribution in [0.25, 0.3) is 22.5 Å². The number of halogens is 2. The summed E-state index contributed by atoms with van der Waals surface area (Å²) >= 11 is 6.35. The van der Waals surface area contributed by atoms with Crippen LogP contribution in [0.1, 0.15) is 12.5 Å². The molecule has 2 heterocycles. The standard InChI is InChI=1S/C25H25ClFN7O2/c1-15(32-25(35)36-2)12-30-24-28-9-8-20(33-24)19-14-31-34-23(19)18-10-17(26)11-21(22(18)27)29-13-16-6-4-3-5-7-16/h3-11,14-15,29H,12-13H2,1-2H3,(H,31,34)(H,32,35)(H,28,30,33)/t15-/m0/s1. The van der Waals surface area contributed by atoms with Gasteiger partial charge in [-0.15, -0.1) is 0 Å². The van der Waals surface area contributed by atoms with E-state index in [0.29, 0.717) is 41.0 Å². The normalized spacial score (nSPS) is 11.6. The van der Waals surface area contributed by atoms with Crippen LogP contribution >= 0.6 is 11.6 Å². The molecule has 0 fully saturated rings. The van der Waals surface area contributed by atoms with E-state index in [2.05, 4.69) is 40.9 Å². The van der Waals surface area contributed by atoms with Gasteiger partial charge in [0.05, 0.1) is 30.4 Å². The topological polar surface area (TPSA) is 117 Å². The lowest BCUT2D eigenvalue weighted by Gasteiger charge is -2.14. The number of benzene rings is 2. The lowest BCUT2D eigenvalue weighted by Crippen LogP contribution is -2.37. The van der Waals surface area contributed by atoms with E-state index in [9.17, 15) is 4.79 Å². The Morgan fingerprint density at radius 3 is 2.75 bits per heavy atom. The van der Waals surface area contributed by atoms with Crippen molar-refractivity contribution in [2.75, 3.05) is 24.3 Å². The van der Waals surface area contributed by atoms with Crippen LogP contribution in [0, 0.1) is 5.82 Å². The smallest absolute Gasteiger partial charge is 0.407 e. The Hall–Kier alpha value is -4.18. The van der Waals surface area contributed by atoms with Gasteiger partial charge in [-0.05, 0) is 30.7 Å². The fraction of sp³-hybridized carbons (Fsp3) is 0.200. The molecule has 4 rings (SSSR count). The van der Waals surface area contributed by atoms with Crippen LogP contribution < -0.4 is 16.0 Å². The number of rotatable bonds is 9. The van der Waals surface area contributed by atoms with Gasteiger partial charge in [0, 0.05) is 41.5 Å². The quantitative estimate of drug-likeness (QED) is 0.248. The molecule has 2 aromatic heterocycles. The number of anilines is 2. The minimum atomic E-state index is -0.525. The summed E-state index contributed by atoms with van der Waals surface area (Å²) < 4.78 is 20.2. The molecule has 4 N–H and O–H groups in total. The average molecular weight is 510 g/mol. The van der Waals surface area contributed by atoms with Gasteiger partial charge in [-0.3, -0.25) is 5.10 Å². The third kappa shape index (κ3) is 6.08. The van der Waals surface area contributed by atoms with Crippen LogP contribution in [0.2, 0.25) is 5.02 Å². The molecule has 0 radical (unpaired) electrons. The highest BCUT2D eigenvalue weighted by atomic mass is 35.5. The summed E-state index contributed by atoms with van der Waals surface area (Å²) in [6.07, 6.45) is 2.63. The minimum absolute atomic E-state index is 0.225. The van der Waals surface area contributed by atoms with Gasteiger partial charge >= 0.3 is 6.09 Å². The average Bonchev–Trinajstić information content (AvgIpc) is 3.38. The van der Waals surface area contributed by atoms with Gasteiger partial charge in [-0.2, -0.15) is 5.10 Å². The second-order valence-electron chi connectivity index (χ2n) is 8.00. The molecule has 0 spiro atoms. The summed E-state index contributed by atoms with van der Waals surface area (Å²) in [4.78, 5) is 20.1. The number of amides is 1. The molecule has 36 heavy (non-hydrogen) atoms. The molecule has 0 unspecified atom stereocenters. The zero-order valence-electron chi connectivity index (χ0n) is 19.7. The highest BCUT2D eigenvalue weighted by Crippen LogP contribution is 2.36. The van der Waals surface area contributed by atoms with Gasteiger partial charge in [0.1, 0.15) is 0 Å². The third-order valence-electron chi connectivity index (χ3n) is 5.32. The van der Waals surface area contributed by atoms with Crippen molar-refractivity contribution in [3.63, 3.8) is 0 Å². The fourth-order valence-corrected chi connectivity index (χ4v) is 3.75. The Labute approximate surface area is 212 Å². The minimum Gasteiger partial charge on any atom is -0.453 e. The van der Waals surface area contributed by atoms with Crippen LogP contribution in [0.3, 0.4) is 0 Å². The van der Waals surface area contributed by atoms with Gasteiger partial charge < -0.3 is 20.7 Å². The van der Waals surface area contributed by atoms with Crippen molar-refractivity contribution in [1.82, 2.24) is 25.5 Å². The molecule has 0 aliphatic rings. The van der Waals surface area contributed by atoms with Crippen LogP contribution in [0.5, 0.6) is 0 Å². The molecule has 4 aromatic rings. The van der Waals surface area contributed by atoms with Gasteiger partial charge in [-0.25, -0.2) is 19.2 Å². The number of hydrogen-bond donors (Lipinski definition) is 4. The van der Waals surface area contributed by atoms with Crippen LogP contribution in [-0.2, 0) is 11.3 Å². The van der Waals surface area contributed by atoms with Crippen LogP contribution in [-0.4, -0.2) is 46.0 Å². The van der Waals surface area contributed by atoms with E-state index in [0.717, 1.165) is 5.56 Å². The van der Waals surface area contributed by atoms with E-state index in [-0.39, 0.29) is 17.3 Å². The monoisotopic (exact) mass is 509 g/mol. The molecule has 1 amide bonds. The van der Waals surface area contributed by atoms with Crippen molar-refractivity contribution < 1.29 is 13.9 Å². The molecule has 9 nitrogen and oxygen atoms in total. The second kappa shape index (κ2) is 11.5. The molecule has 11 heteroatoms. The summed E-state index contributed by atoms with van der Waals surface area (Å²) in [5, 5.41) is 16.2. The van der Waals surface area contributed by atoms with Crippen LogP contribution in [0.4, 0.5) is 20.8 Å². The Kier molecular flexibility index (Phi) is 7.96. The molecule has 2 aromatic carbocycles. The van der Waals surface area contributed by atoms with E-state index < -0.39 is 11.9 Å². The number of ether oxygens (including phenoxy) is 1. The lowest BCUT2D eigenvalue weighted by atomic mass is 10.0. The number of aromatic amines is 1. The van der Waals surface area contributed by atoms with Crippen molar-refractivity contribution in [1.29, 1.82) is 0 Å². The zero-order chi connectivity index (χ0) is 25.5. The SMILES string of the molecule is COC(=O)N[C@@H](C)CNc1nccc(-c2cn[nH]c2-c2cc(Cl)cc(NCc3ccccc3)c2F)n1. The van der Waals surface area contributed by atoms with Crippen molar-refractivity contribution in [2.45, 2.75) is 19.5 Å². The van der Waals surface area contributed by atoms with E-state index in [1.807, 2.05) is 37.3 Å². The zero-order valence-corrected chi connectivity index (χ0v) is 20.4. The summed E-state index contributed by atoms with van der Waals surface area (Å²) in [7, 11) is 1.30. The Morgan fingerprint density at radius 2 is 1.97 bits per heavy atom. The molecular formula is C25H25ClFN7O2. The maximum Gasteiger partial charge on any atom is 0.407 e. The number of carbonyl (C=O) groups excluding carboxylic acids is 1. The van der Waals surface area contributed by atoms with E-state index in [1.54, 1.807) is 30.6 Å². The number of methoxy groups -OCH3 is 1. The lowest BCUT2D eigenvalue weighted by molar-refractivity contribution is 0.168. The number of nitrogens with zero attached hydrogens (tertiary/aromatic N) is 3. The van der Waals surface area contributed by atoms with E-state index in [1.165, 1.54) is 7.11 Å². The Balaban J connectivity index is 1.56. The molecule has 0 saturated heterocycles. The number of nitrogens with one attached hydrogen (secondary N) is 4. The van der Waals surface area contributed by atoms with Gasteiger partial charge in [0.25, 0.3) is 0 Å². The van der Waals surface area contributed by atoms with E-state index >= 15 is 4.39 Å². The molecule has 0 saturated carbocycles. The number of H-pyrrole nitrogens is 1. The maximum absolute atomic E-state index is 15.6. The van der Waals surface area contributed by atoms with Crippen molar-refractivity contribution in [3.8, 4) is 22.5 Å². The number of aromatic nitrogens is 4. The van der Waals surface area contributed by atoms with E-state index in [4.69, 9.17) is 11.6 Å². The first kappa shape index (κ1) is 24.9. The molecule has 0 aliphatic heterocycles. The number of alkyl carbamates (subject to hydrolysis) is 1.